The molecule has 0 saturated carbocycles. The highest BCUT2D eigenvalue weighted by Crippen LogP contribution is 2.29. The zero-order valence-corrected chi connectivity index (χ0v) is 17.0. The van der Waals surface area contributed by atoms with Crippen molar-refractivity contribution in [3.05, 3.63) is 58.1 Å². The largest absolute Gasteiger partial charge is 0.373 e. The van der Waals surface area contributed by atoms with Crippen molar-refractivity contribution in [3.8, 4) is 0 Å². The third-order valence-electron chi connectivity index (χ3n) is 4.49. The normalized spacial score (nSPS) is 10.9. The summed E-state index contributed by atoms with van der Waals surface area (Å²) >= 11 is 6.17. The van der Waals surface area contributed by atoms with Crippen molar-refractivity contribution in [2.45, 2.75) is 20.3 Å². The molecule has 0 aliphatic heterocycles. The van der Waals surface area contributed by atoms with Gasteiger partial charge in [0, 0.05) is 24.2 Å². The van der Waals surface area contributed by atoms with Crippen LogP contribution in [-0.2, 0) is 0 Å². The topological polar surface area (TPSA) is 35.6 Å². The van der Waals surface area contributed by atoms with Crippen LogP contribution in [0.3, 0.4) is 0 Å². The molecule has 0 unspecified atom stereocenters. The van der Waals surface area contributed by atoms with Crippen LogP contribution in [0.1, 0.15) is 27.9 Å². The zero-order valence-electron chi connectivity index (χ0n) is 16.3. The minimum atomic E-state index is -0.127. The first-order chi connectivity index (χ1) is 12.3. The number of anilines is 2. The summed E-state index contributed by atoms with van der Waals surface area (Å²) in [6, 6.07) is 11.3. The highest BCUT2D eigenvalue weighted by Gasteiger charge is 2.13. The van der Waals surface area contributed by atoms with Crippen LogP contribution in [0.25, 0.3) is 0 Å². The number of carbonyl (C=O) groups is 1. The van der Waals surface area contributed by atoms with E-state index < -0.39 is 0 Å². The van der Waals surface area contributed by atoms with Gasteiger partial charge in [-0.05, 0) is 82.4 Å². The zero-order chi connectivity index (χ0) is 19.3. The molecule has 0 fully saturated rings. The molecule has 0 aromatic heterocycles. The fraction of sp³-hybridized carbons (Fsp3) is 0.381. The smallest absolute Gasteiger partial charge is 0.255 e. The number of aryl methyl sites for hydroxylation is 2. The van der Waals surface area contributed by atoms with E-state index in [1.54, 1.807) is 6.07 Å². The summed E-state index contributed by atoms with van der Waals surface area (Å²) in [6.45, 7) is 5.96. The van der Waals surface area contributed by atoms with Crippen molar-refractivity contribution in [2.24, 2.45) is 0 Å². The number of hydrogen-bond donors (Lipinski definition) is 1. The second kappa shape index (κ2) is 9.06. The molecule has 4 nitrogen and oxygen atoms in total. The fourth-order valence-electron chi connectivity index (χ4n) is 2.76. The third-order valence-corrected chi connectivity index (χ3v) is 4.72. The van der Waals surface area contributed by atoms with E-state index >= 15 is 0 Å². The molecule has 0 heterocycles. The van der Waals surface area contributed by atoms with Crippen LogP contribution in [0, 0.1) is 13.8 Å². The minimum Gasteiger partial charge on any atom is -0.373 e. The van der Waals surface area contributed by atoms with Gasteiger partial charge in [0.05, 0.1) is 11.4 Å². The van der Waals surface area contributed by atoms with Gasteiger partial charge < -0.3 is 15.1 Å². The molecule has 0 aliphatic rings. The van der Waals surface area contributed by atoms with Crippen LogP contribution in [0.5, 0.6) is 0 Å². The lowest BCUT2D eigenvalue weighted by Gasteiger charge is -2.23. The molecule has 5 heteroatoms. The number of amides is 1. The maximum Gasteiger partial charge on any atom is 0.255 e. The van der Waals surface area contributed by atoms with E-state index in [1.807, 2.05) is 51.2 Å². The first-order valence-corrected chi connectivity index (χ1v) is 9.19. The quantitative estimate of drug-likeness (QED) is 0.770. The first kappa shape index (κ1) is 20.3. The molecule has 0 atom stereocenters. The summed E-state index contributed by atoms with van der Waals surface area (Å²) in [5, 5.41) is 3.62. The molecule has 26 heavy (non-hydrogen) atoms. The van der Waals surface area contributed by atoms with Crippen LogP contribution in [0.15, 0.2) is 36.4 Å². The van der Waals surface area contributed by atoms with E-state index in [1.165, 1.54) is 5.56 Å². The van der Waals surface area contributed by atoms with Crippen molar-refractivity contribution in [1.29, 1.82) is 0 Å². The van der Waals surface area contributed by atoms with Crippen molar-refractivity contribution < 1.29 is 4.79 Å². The Morgan fingerprint density at radius 1 is 1.00 bits per heavy atom. The molecule has 0 saturated heterocycles. The van der Waals surface area contributed by atoms with Crippen LogP contribution in [0.4, 0.5) is 11.4 Å². The van der Waals surface area contributed by atoms with E-state index in [0.29, 0.717) is 10.6 Å². The van der Waals surface area contributed by atoms with Crippen molar-refractivity contribution in [1.82, 2.24) is 4.90 Å². The number of nitrogens with zero attached hydrogens (tertiary/aromatic N) is 2. The Bertz CT molecular complexity index is 774. The Morgan fingerprint density at radius 3 is 2.38 bits per heavy atom. The summed E-state index contributed by atoms with van der Waals surface area (Å²) in [7, 11) is 6.17. The van der Waals surface area contributed by atoms with Gasteiger partial charge in [0.1, 0.15) is 0 Å². The molecule has 2 rings (SSSR count). The monoisotopic (exact) mass is 373 g/mol. The Morgan fingerprint density at radius 2 is 1.73 bits per heavy atom. The summed E-state index contributed by atoms with van der Waals surface area (Å²) in [5.74, 6) is -0.127. The Labute approximate surface area is 161 Å². The number of rotatable bonds is 7. The Hall–Kier alpha value is -2.04. The standard InChI is InChI=1S/C21H28ClN3O/c1-15-7-8-17(13-16(15)2)21(26)23-19-14-18(22)9-10-20(19)25(5)12-6-11-24(3)4/h7-10,13-14H,6,11-12H2,1-5H3,(H,23,26). The highest BCUT2D eigenvalue weighted by atomic mass is 35.5. The van der Waals surface area contributed by atoms with Gasteiger partial charge in [0.2, 0.25) is 0 Å². The average Bonchev–Trinajstić information content (AvgIpc) is 2.57. The lowest BCUT2D eigenvalue weighted by Crippen LogP contribution is -2.24. The van der Waals surface area contributed by atoms with Crippen LogP contribution in [0.2, 0.25) is 5.02 Å². The molecule has 0 spiro atoms. The van der Waals surface area contributed by atoms with Crippen molar-refractivity contribution in [2.75, 3.05) is 44.4 Å². The summed E-state index contributed by atoms with van der Waals surface area (Å²) in [6.07, 6.45) is 1.04. The maximum absolute atomic E-state index is 12.7. The first-order valence-electron chi connectivity index (χ1n) is 8.82. The molecule has 1 N–H and O–H groups in total. The van der Waals surface area contributed by atoms with E-state index in [2.05, 4.69) is 29.2 Å². The second-order valence-electron chi connectivity index (χ2n) is 6.99. The summed E-state index contributed by atoms with van der Waals surface area (Å²) in [4.78, 5) is 17.0. The van der Waals surface area contributed by atoms with Crippen molar-refractivity contribution >= 4 is 28.9 Å². The number of hydrogen-bond acceptors (Lipinski definition) is 3. The van der Waals surface area contributed by atoms with Crippen LogP contribution < -0.4 is 10.2 Å². The number of halogens is 1. The Kier molecular flexibility index (Phi) is 7.06. The van der Waals surface area contributed by atoms with Gasteiger partial charge in [0.25, 0.3) is 5.91 Å². The fourth-order valence-corrected chi connectivity index (χ4v) is 2.94. The predicted molar refractivity (Wildman–Crippen MR) is 112 cm³/mol. The average molecular weight is 374 g/mol. The van der Waals surface area contributed by atoms with Gasteiger partial charge in [-0.3, -0.25) is 4.79 Å². The molecular formula is C21H28ClN3O. The van der Waals surface area contributed by atoms with Gasteiger partial charge in [-0.25, -0.2) is 0 Å². The lowest BCUT2D eigenvalue weighted by atomic mass is 10.1. The molecule has 0 radical (unpaired) electrons. The van der Waals surface area contributed by atoms with Gasteiger partial charge in [-0.2, -0.15) is 0 Å². The van der Waals surface area contributed by atoms with E-state index in [9.17, 15) is 4.79 Å². The molecule has 1 amide bonds. The highest BCUT2D eigenvalue weighted by molar-refractivity contribution is 6.31. The van der Waals surface area contributed by atoms with E-state index in [4.69, 9.17) is 11.6 Å². The summed E-state index contributed by atoms with van der Waals surface area (Å²) < 4.78 is 0. The van der Waals surface area contributed by atoms with Gasteiger partial charge >= 0.3 is 0 Å². The number of benzene rings is 2. The molecule has 2 aromatic rings. The van der Waals surface area contributed by atoms with E-state index in [0.717, 1.165) is 36.4 Å². The third kappa shape index (κ3) is 5.48. The number of nitrogens with one attached hydrogen (secondary N) is 1. The molecule has 0 bridgehead atoms. The lowest BCUT2D eigenvalue weighted by molar-refractivity contribution is 0.102. The SMILES string of the molecule is Cc1ccc(C(=O)Nc2cc(Cl)ccc2N(C)CCCN(C)C)cc1C. The van der Waals surface area contributed by atoms with Crippen molar-refractivity contribution in [3.63, 3.8) is 0 Å². The summed E-state index contributed by atoms with van der Waals surface area (Å²) in [5.41, 5.74) is 4.61. The Balaban J connectivity index is 2.18. The second-order valence-corrected chi connectivity index (χ2v) is 7.43. The molecule has 0 aliphatic carbocycles. The number of carbonyl (C=O) groups excluding carboxylic acids is 1. The maximum atomic E-state index is 12.7. The predicted octanol–water partition coefficient (Wildman–Crippen LogP) is 4.60. The molecule has 2 aromatic carbocycles. The van der Waals surface area contributed by atoms with Crippen LogP contribution in [-0.4, -0.2) is 45.0 Å². The van der Waals surface area contributed by atoms with Crippen LogP contribution >= 0.6 is 11.6 Å². The van der Waals surface area contributed by atoms with Gasteiger partial charge in [-0.15, -0.1) is 0 Å². The van der Waals surface area contributed by atoms with Gasteiger partial charge in [-0.1, -0.05) is 17.7 Å². The minimum absolute atomic E-state index is 0.127. The molecule has 140 valence electrons. The van der Waals surface area contributed by atoms with Gasteiger partial charge in [0.15, 0.2) is 0 Å². The molecular weight excluding hydrogens is 346 g/mol. The van der Waals surface area contributed by atoms with E-state index in [-0.39, 0.29) is 5.91 Å².